The maximum Gasteiger partial charge on any atom is 0.337 e. The molecule has 2 aromatic carbocycles. The number of benzene rings is 2. The van der Waals surface area contributed by atoms with Crippen LogP contribution in [-0.4, -0.2) is 38.2 Å². The van der Waals surface area contributed by atoms with E-state index in [-0.39, 0.29) is 18.3 Å². The van der Waals surface area contributed by atoms with Crippen LogP contribution in [0.4, 0.5) is 22.1 Å². The van der Waals surface area contributed by atoms with Crippen molar-refractivity contribution in [2.24, 2.45) is 0 Å². The topological polar surface area (TPSA) is 118 Å². The van der Waals surface area contributed by atoms with Gasteiger partial charge in [-0.15, -0.1) is 0 Å². The van der Waals surface area contributed by atoms with Crippen molar-refractivity contribution in [1.29, 1.82) is 0 Å². The Labute approximate surface area is 176 Å². The van der Waals surface area contributed by atoms with Crippen LogP contribution < -0.4 is 10.6 Å². The number of ether oxygens (including phenoxy) is 1. The van der Waals surface area contributed by atoms with Gasteiger partial charge in [-0.2, -0.15) is 10.1 Å². The number of carbonyl (C=O) groups is 1. The molecule has 0 unspecified atom stereocenters. The standard InChI is InChI=1S/C21H18FN7O2/c1-31-19(30)14-8-6-13(7-9-14)17-10-18(29-28-17)26-21-25-12-24-20(27-21)23-11-15-4-2-3-5-16(15)22/h2-10,12H,11H2,1H3,(H3,23,24,25,26,27,28,29). The first-order chi connectivity index (χ1) is 15.1. The molecule has 0 fully saturated rings. The number of nitrogens with zero attached hydrogens (tertiary/aromatic N) is 4. The summed E-state index contributed by atoms with van der Waals surface area (Å²) in [5, 5.41) is 13.1. The molecule has 0 atom stereocenters. The molecular formula is C21H18FN7O2. The minimum Gasteiger partial charge on any atom is -0.465 e. The normalized spacial score (nSPS) is 10.5. The summed E-state index contributed by atoms with van der Waals surface area (Å²) in [4.78, 5) is 23.9. The quantitative estimate of drug-likeness (QED) is 0.389. The predicted molar refractivity (Wildman–Crippen MR) is 112 cm³/mol. The van der Waals surface area contributed by atoms with Gasteiger partial charge in [0.05, 0.1) is 18.4 Å². The lowest BCUT2D eigenvalue weighted by molar-refractivity contribution is 0.0600. The van der Waals surface area contributed by atoms with Crippen molar-refractivity contribution >= 4 is 23.7 Å². The molecule has 0 radical (unpaired) electrons. The molecule has 0 aliphatic heterocycles. The highest BCUT2D eigenvalue weighted by atomic mass is 19.1. The summed E-state index contributed by atoms with van der Waals surface area (Å²) in [5.41, 5.74) is 2.55. The minimum atomic E-state index is -0.396. The Bertz CT molecular complexity index is 1190. The van der Waals surface area contributed by atoms with Crippen LogP contribution in [0.25, 0.3) is 11.3 Å². The van der Waals surface area contributed by atoms with Gasteiger partial charge in [0.2, 0.25) is 11.9 Å². The zero-order valence-corrected chi connectivity index (χ0v) is 16.5. The molecule has 4 aromatic rings. The van der Waals surface area contributed by atoms with E-state index in [1.54, 1.807) is 48.5 Å². The summed E-state index contributed by atoms with van der Waals surface area (Å²) >= 11 is 0. The summed E-state index contributed by atoms with van der Waals surface area (Å²) < 4.78 is 18.4. The number of carbonyl (C=O) groups excluding carboxylic acids is 1. The lowest BCUT2D eigenvalue weighted by Gasteiger charge is -2.07. The number of aromatic nitrogens is 5. The number of aromatic amines is 1. The van der Waals surface area contributed by atoms with E-state index in [1.807, 2.05) is 0 Å². The lowest BCUT2D eigenvalue weighted by atomic mass is 10.1. The van der Waals surface area contributed by atoms with Crippen LogP contribution in [0.3, 0.4) is 0 Å². The first-order valence-electron chi connectivity index (χ1n) is 9.30. The van der Waals surface area contributed by atoms with Crippen molar-refractivity contribution in [2.45, 2.75) is 6.54 Å². The van der Waals surface area contributed by atoms with Gasteiger partial charge in [0.25, 0.3) is 0 Å². The van der Waals surface area contributed by atoms with Crippen molar-refractivity contribution in [3.8, 4) is 11.3 Å². The van der Waals surface area contributed by atoms with E-state index in [2.05, 4.69) is 35.8 Å². The molecule has 9 nitrogen and oxygen atoms in total. The second kappa shape index (κ2) is 8.99. The molecule has 0 aliphatic carbocycles. The molecule has 31 heavy (non-hydrogen) atoms. The van der Waals surface area contributed by atoms with Gasteiger partial charge in [0.15, 0.2) is 5.82 Å². The molecule has 0 bridgehead atoms. The van der Waals surface area contributed by atoms with Gasteiger partial charge < -0.3 is 15.4 Å². The summed E-state index contributed by atoms with van der Waals surface area (Å²) in [6.07, 6.45) is 1.35. The fourth-order valence-electron chi connectivity index (χ4n) is 2.81. The monoisotopic (exact) mass is 419 g/mol. The summed E-state index contributed by atoms with van der Waals surface area (Å²) in [6, 6.07) is 15.2. The highest BCUT2D eigenvalue weighted by Crippen LogP contribution is 2.22. The van der Waals surface area contributed by atoms with Crippen LogP contribution >= 0.6 is 0 Å². The third kappa shape index (κ3) is 4.81. The molecule has 0 saturated heterocycles. The zero-order valence-electron chi connectivity index (χ0n) is 16.5. The maximum absolute atomic E-state index is 13.7. The van der Waals surface area contributed by atoms with Crippen molar-refractivity contribution in [2.75, 3.05) is 17.7 Å². The number of nitrogens with one attached hydrogen (secondary N) is 3. The van der Waals surface area contributed by atoms with Crippen molar-refractivity contribution in [3.63, 3.8) is 0 Å². The van der Waals surface area contributed by atoms with Gasteiger partial charge >= 0.3 is 5.97 Å². The smallest absolute Gasteiger partial charge is 0.337 e. The average Bonchev–Trinajstić information content (AvgIpc) is 3.27. The first-order valence-corrected chi connectivity index (χ1v) is 9.30. The van der Waals surface area contributed by atoms with Crippen molar-refractivity contribution in [3.05, 3.63) is 77.9 Å². The van der Waals surface area contributed by atoms with Gasteiger partial charge in [-0.25, -0.2) is 19.2 Å². The Kier molecular flexibility index (Phi) is 5.79. The fraction of sp³-hybridized carbons (Fsp3) is 0.0952. The van der Waals surface area contributed by atoms with Crippen LogP contribution in [0.5, 0.6) is 0 Å². The molecule has 10 heteroatoms. The van der Waals surface area contributed by atoms with Crippen molar-refractivity contribution < 1.29 is 13.9 Å². The summed E-state index contributed by atoms with van der Waals surface area (Å²) in [6.45, 7) is 0.240. The molecule has 0 aliphatic rings. The Hall–Kier alpha value is -4.34. The summed E-state index contributed by atoms with van der Waals surface area (Å²) in [7, 11) is 1.34. The largest absolute Gasteiger partial charge is 0.465 e. The number of halogens is 1. The van der Waals surface area contributed by atoms with Crippen LogP contribution in [0, 0.1) is 5.82 Å². The number of esters is 1. The second-order valence-electron chi connectivity index (χ2n) is 6.44. The van der Waals surface area contributed by atoms with E-state index >= 15 is 0 Å². The summed E-state index contributed by atoms with van der Waals surface area (Å²) in [5.74, 6) is 0.386. The van der Waals surface area contributed by atoms with Gasteiger partial charge in [-0.05, 0) is 23.8 Å². The SMILES string of the molecule is COC(=O)c1ccc(-c2cc(Nc3ncnc(NCc4ccccc4F)n3)n[nH]2)cc1. The Morgan fingerprint density at radius 1 is 1.10 bits per heavy atom. The maximum atomic E-state index is 13.7. The van der Waals surface area contributed by atoms with Crippen LogP contribution in [0.2, 0.25) is 0 Å². The molecule has 0 spiro atoms. The molecule has 0 saturated carbocycles. The van der Waals surface area contributed by atoms with Gasteiger partial charge in [0, 0.05) is 18.2 Å². The number of hydrogen-bond donors (Lipinski definition) is 3. The molecule has 3 N–H and O–H groups in total. The molecule has 2 heterocycles. The molecule has 156 valence electrons. The predicted octanol–water partition coefficient (Wildman–Crippen LogP) is 3.54. The highest BCUT2D eigenvalue weighted by molar-refractivity contribution is 5.89. The highest BCUT2D eigenvalue weighted by Gasteiger charge is 2.09. The van der Waals surface area contributed by atoms with Crippen molar-refractivity contribution in [1.82, 2.24) is 25.1 Å². The third-order valence-electron chi connectivity index (χ3n) is 4.40. The van der Waals surface area contributed by atoms with Gasteiger partial charge in [-0.1, -0.05) is 30.3 Å². The molecular weight excluding hydrogens is 401 g/mol. The third-order valence-corrected chi connectivity index (χ3v) is 4.40. The number of hydrogen-bond acceptors (Lipinski definition) is 8. The number of methoxy groups -OCH3 is 1. The number of anilines is 3. The second-order valence-corrected chi connectivity index (χ2v) is 6.44. The Morgan fingerprint density at radius 3 is 2.65 bits per heavy atom. The molecule has 2 aromatic heterocycles. The van der Waals surface area contributed by atoms with E-state index in [0.717, 1.165) is 11.3 Å². The number of rotatable bonds is 7. The van der Waals surface area contributed by atoms with E-state index < -0.39 is 5.97 Å². The molecule has 4 rings (SSSR count). The zero-order chi connectivity index (χ0) is 21.6. The van der Waals surface area contributed by atoms with Gasteiger partial charge in [0.1, 0.15) is 12.1 Å². The molecule has 0 amide bonds. The average molecular weight is 419 g/mol. The lowest BCUT2D eigenvalue weighted by Crippen LogP contribution is -2.07. The van der Waals surface area contributed by atoms with E-state index in [1.165, 1.54) is 19.5 Å². The van der Waals surface area contributed by atoms with E-state index in [0.29, 0.717) is 22.9 Å². The minimum absolute atomic E-state index is 0.240. The van der Waals surface area contributed by atoms with Crippen LogP contribution in [-0.2, 0) is 11.3 Å². The van der Waals surface area contributed by atoms with Crippen LogP contribution in [0.15, 0.2) is 60.9 Å². The Balaban J connectivity index is 1.42. The van der Waals surface area contributed by atoms with Gasteiger partial charge in [-0.3, -0.25) is 5.10 Å². The van der Waals surface area contributed by atoms with E-state index in [4.69, 9.17) is 4.74 Å². The van der Waals surface area contributed by atoms with Crippen LogP contribution in [0.1, 0.15) is 15.9 Å². The fourth-order valence-corrected chi connectivity index (χ4v) is 2.81. The first kappa shape index (κ1) is 20.0. The number of H-pyrrole nitrogens is 1. The van der Waals surface area contributed by atoms with E-state index in [9.17, 15) is 9.18 Å². The Morgan fingerprint density at radius 2 is 1.87 bits per heavy atom.